The van der Waals surface area contributed by atoms with Crippen LogP contribution in [0, 0.1) is 5.41 Å². The molecule has 112 valence electrons. The van der Waals surface area contributed by atoms with E-state index in [1.54, 1.807) is 11.3 Å². The third-order valence-electron chi connectivity index (χ3n) is 3.83. The van der Waals surface area contributed by atoms with E-state index < -0.39 is 0 Å². The van der Waals surface area contributed by atoms with Crippen molar-refractivity contribution in [1.29, 1.82) is 0 Å². The van der Waals surface area contributed by atoms with Gasteiger partial charge in [-0.2, -0.15) is 0 Å². The summed E-state index contributed by atoms with van der Waals surface area (Å²) >= 11 is 1.71. The zero-order valence-corrected chi connectivity index (χ0v) is 13.7. The number of rotatable bonds is 3. The van der Waals surface area contributed by atoms with E-state index in [4.69, 9.17) is 9.47 Å². The van der Waals surface area contributed by atoms with Crippen molar-refractivity contribution in [2.75, 3.05) is 13.2 Å². The fourth-order valence-electron chi connectivity index (χ4n) is 2.51. The van der Waals surface area contributed by atoms with E-state index in [2.05, 4.69) is 56.5 Å². The second-order valence-corrected chi connectivity index (χ2v) is 7.31. The molecule has 0 aliphatic carbocycles. The number of hydrogen-bond donors (Lipinski definition) is 0. The highest BCUT2D eigenvalue weighted by atomic mass is 32.1. The smallest absolute Gasteiger partial charge is 0.193 e. The zero-order chi connectivity index (χ0) is 14.9. The van der Waals surface area contributed by atoms with E-state index >= 15 is 0 Å². The van der Waals surface area contributed by atoms with Crippen LogP contribution in [0.2, 0.25) is 0 Å². The summed E-state index contributed by atoms with van der Waals surface area (Å²) < 4.78 is 11.9. The van der Waals surface area contributed by atoms with Crippen LogP contribution < -0.4 is 0 Å². The lowest BCUT2D eigenvalue weighted by Crippen LogP contribution is -2.33. The van der Waals surface area contributed by atoms with Crippen LogP contribution in [0.1, 0.15) is 37.5 Å². The fraction of sp³-hybridized carbons (Fsp3) is 0.444. The van der Waals surface area contributed by atoms with Crippen LogP contribution in [-0.4, -0.2) is 13.2 Å². The van der Waals surface area contributed by atoms with Gasteiger partial charge >= 0.3 is 0 Å². The van der Waals surface area contributed by atoms with Gasteiger partial charge in [0.1, 0.15) is 0 Å². The maximum atomic E-state index is 5.93. The standard InChI is InChI=1S/C18H22O2S/c1-4-13-5-7-14(8-6-13)15-9-10-21-16(15)17-19-11-18(2,3)12-20-17/h5-10,17H,4,11-12H2,1-3H3. The highest BCUT2D eigenvalue weighted by Gasteiger charge is 2.31. The predicted molar refractivity (Wildman–Crippen MR) is 87.6 cm³/mol. The van der Waals surface area contributed by atoms with Gasteiger partial charge in [0.2, 0.25) is 0 Å². The highest BCUT2D eigenvalue weighted by molar-refractivity contribution is 7.10. The van der Waals surface area contributed by atoms with Gasteiger partial charge in [0, 0.05) is 11.0 Å². The molecule has 0 amide bonds. The average molecular weight is 302 g/mol. The summed E-state index contributed by atoms with van der Waals surface area (Å²) in [5.74, 6) is 0. The fourth-order valence-corrected chi connectivity index (χ4v) is 3.42. The molecule has 3 heteroatoms. The van der Waals surface area contributed by atoms with Gasteiger partial charge < -0.3 is 9.47 Å². The van der Waals surface area contributed by atoms with Crippen LogP contribution >= 0.6 is 11.3 Å². The first-order chi connectivity index (χ1) is 10.1. The SMILES string of the molecule is CCc1ccc(-c2ccsc2C2OCC(C)(C)CO2)cc1. The molecule has 0 bridgehead atoms. The van der Waals surface area contributed by atoms with Crippen molar-refractivity contribution >= 4 is 11.3 Å². The van der Waals surface area contributed by atoms with Gasteiger partial charge in [0.25, 0.3) is 0 Å². The number of aryl methyl sites for hydroxylation is 1. The molecule has 2 heterocycles. The van der Waals surface area contributed by atoms with E-state index in [0.29, 0.717) is 0 Å². The molecule has 3 rings (SSSR count). The maximum absolute atomic E-state index is 5.93. The molecule has 1 aliphatic heterocycles. The monoisotopic (exact) mass is 302 g/mol. The first-order valence-electron chi connectivity index (χ1n) is 7.49. The molecular weight excluding hydrogens is 280 g/mol. The Bertz CT molecular complexity index is 588. The predicted octanol–water partition coefficient (Wildman–Crippen LogP) is 5.05. The van der Waals surface area contributed by atoms with E-state index in [0.717, 1.165) is 19.6 Å². The van der Waals surface area contributed by atoms with E-state index in [-0.39, 0.29) is 11.7 Å². The summed E-state index contributed by atoms with van der Waals surface area (Å²) in [4.78, 5) is 1.18. The zero-order valence-electron chi connectivity index (χ0n) is 12.9. The lowest BCUT2D eigenvalue weighted by atomic mass is 9.95. The molecule has 1 aromatic carbocycles. The minimum atomic E-state index is -0.223. The molecular formula is C18H22O2S. The molecule has 1 fully saturated rings. The van der Waals surface area contributed by atoms with Gasteiger partial charge in [-0.15, -0.1) is 11.3 Å². The Balaban J connectivity index is 1.83. The summed E-state index contributed by atoms with van der Waals surface area (Å²) in [5.41, 5.74) is 3.94. The van der Waals surface area contributed by atoms with E-state index in [1.807, 2.05) is 0 Å². The Morgan fingerprint density at radius 2 is 1.76 bits per heavy atom. The largest absolute Gasteiger partial charge is 0.347 e. The molecule has 0 radical (unpaired) electrons. The van der Waals surface area contributed by atoms with Crippen molar-refractivity contribution in [3.05, 3.63) is 46.2 Å². The molecule has 0 atom stereocenters. The van der Waals surface area contributed by atoms with Gasteiger partial charge in [0.05, 0.1) is 18.1 Å². The van der Waals surface area contributed by atoms with Crippen molar-refractivity contribution in [2.24, 2.45) is 5.41 Å². The molecule has 0 N–H and O–H groups in total. The first kappa shape index (κ1) is 14.8. The van der Waals surface area contributed by atoms with Gasteiger partial charge in [-0.05, 0) is 29.0 Å². The van der Waals surface area contributed by atoms with Crippen LogP contribution in [0.5, 0.6) is 0 Å². The summed E-state index contributed by atoms with van der Waals surface area (Å²) in [6.45, 7) is 7.99. The Labute approximate surface area is 130 Å². The molecule has 0 saturated carbocycles. The second-order valence-electron chi connectivity index (χ2n) is 6.37. The molecule has 2 aromatic rings. The Kier molecular flexibility index (Phi) is 4.16. The molecule has 21 heavy (non-hydrogen) atoms. The molecule has 1 aliphatic rings. The average Bonchev–Trinajstić information content (AvgIpc) is 2.97. The molecule has 1 saturated heterocycles. The van der Waals surface area contributed by atoms with Crippen LogP contribution in [-0.2, 0) is 15.9 Å². The van der Waals surface area contributed by atoms with Crippen LogP contribution in [0.25, 0.3) is 11.1 Å². The Morgan fingerprint density at radius 3 is 2.38 bits per heavy atom. The molecule has 2 nitrogen and oxygen atoms in total. The quantitative estimate of drug-likeness (QED) is 0.790. The summed E-state index contributed by atoms with van der Waals surface area (Å²) in [5, 5.41) is 2.12. The van der Waals surface area contributed by atoms with Gasteiger partial charge in [-0.3, -0.25) is 0 Å². The van der Waals surface area contributed by atoms with Crippen LogP contribution in [0.3, 0.4) is 0 Å². The molecule has 0 unspecified atom stereocenters. The number of hydrogen-bond acceptors (Lipinski definition) is 3. The van der Waals surface area contributed by atoms with Gasteiger partial charge in [0.15, 0.2) is 6.29 Å². The minimum absolute atomic E-state index is 0.108. The molecule has 1 aromatic heterocycles. The third-order valence-corrected chi connectivity index (χ3v) is 4.77. The Morgan fingerprint density at radius 1 is 1.10 bits per heavy atom. The third kappa shape index (κ3) is 3.20. The minimum Gasteiger partial charge on any atom is -0.347 e. The van der Waals surface area contributed by atoms with Crippen molar-refractivity contribution < 1.29 is 9.47 Å². The normalized spacial score (nSPS) is 18.8. The van der Waals surface area contributed by atoms with Crippen LogP contribution in [0.4, 0.5) is 0 Å². The lowest BCUT2D eigenvalue weighted by Gasteiger charge is -2.34. The summed E-state index contributed by atoms with van der Waals surface area (Å²) in [7, 11) is 0. The lowest BCUT2D eigenvalue weighted by molar-refractivity contribution is -0.224. The highest BCUT2D eigenvalue weighted by Crippen LogP contribution is 2.39. The molecule has 0 spiro atoms. The van der Waals surface area contributed by atoms with E-state index in [1.165, 1.54) is 21.6 Å². The van der Waals surface area contributed by atoms with Crippen molar-refractivity contribution in [1.82, 2.24) is 0 Å². The van der Waals surface area contributed by atoms with Crippen molar-refractivity contribution in [3.63, 3.8) is 0 Å². The maximum Gasteiger partial charge on any atom is 0.193 e. The number of ether oxygens (including phenoxy) is 2. The number of benzene rings is 1. The van der Waals surface area contributed by atoms with Crippen LogP contribution in [0.15, 0.2) is 35.7 Å². The second kappa shape index (κ2) is 5.91. The van der Waals surface area contributed by atoms with Gasteiger partial charge in [-0.25, -0.2) is 0 Å². The van der Waals surface area contributed by atoms with E-state index in [9.17, 15) is 0 Å². The summed E-state index contributed by atoms with van der Waals surface area (Å²) in [6, 6.07) is 10.9. The number of thiophene rings is 1. The van der Waals surface area contributed by atoms with Gasteiger partial charge in [-0.1, -0.05) is 45.0 Å². The Hall–Kier alpha value is -1.16. The summed E-state index contributed by atoms with van der Waals surface area (Å²) in [6.07, 6.45) is 0.847. The van der Waals surface area contributed by atoms with Crippen molar-refractivity contribution in [2.45, 2.75) is 33.5 Å². The first-order valence-corrected chi connectivity index (χ1v) is 8.37. The topological polar surface area (TPSA) is 18.5 Å². The van der Waals surface area contributed by atoms with Crippen molar-refractivity contribution in [3.8, 4) is 11.1 Å².